The van der Waals surface area contributed by atoms with Crippen LogP contribution < -0.4 is 10.5 Å². The molecule has 114 valence electrons. The van der Waals surface area contributed by atoms with Crippen LogP contribution in [0.5, 0.6) is 0 Å². The van der Waals surface area contributed by atoms with Crippen molar-refractivity contribution in [1.29, 1.82) is 0 Å². The molecular weight excluding hydrogens is 306 g/mol. The van der Waals surface area contributed by atoms with Gasteiger partial charge in [0.25, 0.3) is 11.5 Å². The molecule has 0 saturated carbocycles. The Morgan fingerprint density at radius 1 is 1.18 bits per heavy atom. The lowest BCUT2D eigenvalue weighted by Gasteiger charge is -2.34. The maximum Gasteiger partial charge on any atom is 0.266 e. The predicted octanol–water partition coefficient (Wildman–Crippen LogP) is 0.781. The molecule has 2 aromatic heterocycles. The minimum absolute atomic E-state index is 0.0159. The summed E-state index contributed by atoms with van der Waals surface area (Å²) in [5.41, 5.74) is -0.0155. The Hall–Kier alpha value is -2.41. The van der Waals surface area contributed by atoms with E-state index in [1.165, 1.54) is 12.3 Å². The second kappa shape index (κ2) is 6.15. The van der Waals surface area contributed by atoms with E-state index in [0.717, 1.165) is 0 Å². The molecule has 3 rings (SSSR count). The topological polar surface area (TPSA) is 82.2 Å². The van der Waals surface area contributed by atoms with Crippen LogP contribution in [0.4, 0.5) is 5.95 Å². The molecule has 8 heteroatoms. The van der Waals surface area contributed by atoms with Crippen LogP contribution in [-0.2, 0) is 0 Å². The molecule has 0 aliphatic carbocycles. The lowest BCUT2D eigenvalue weighted by Crippen LogP contribution is -2.49. The number of hydrogen-bond acceptors (Lipinski definition) is 5. The van der Waals surface area contributed by atoms with Gasteiger partial charge in [0.2, 0.25) is 5.95 Å². The molecule has 0 spiro atoms. The van der Waals surface area contributed by atoms with E-state index in [4.69, 9.17) is 11.6 Å². The number of halogens is 1. The highest BCUT2D eigenvalue weighted by atomic mass is 35.5. The van der Waals surface area contributed by atoms with Crippen LogP contribution in [0.2, 0.25) is 5.02 Å². The van der Waals surface area contributed by atoms with Crippen molar-refractivity contribution in [2.75, 3.05) is 31.1 Å². The van der Waals surface area contributed by atoms with Crippen molar-refractivity contribution in [3.63, 3.8) is 0 Å². The third kappa shape index (κ3) is 2.94. The predicted molar refractivity (Wildman–Crippen MR) is 82.2 cm³/mol. The zero-order valence-electron chi connectivity index (χ0n) is 11.7. The molecule has 1 N–H and O–H groups in total. The van der Waals surface area contributed by atoms with Crippen molar-refractivity contribution in [2.24, 2.45) is 0 Å². The van der Waals surface area contributed by atoms with E-state index in [-0.39, 0.29) is 10.9 Å². The number of aromatic amines is 1. The van der Waals surface area contributed by atoms with E-state index in [1.807, 2.05) is 4.90 Å². The summed E-state index contributed by atoms with van der Waals surface area (Å²) in [7, 11) is 0. The van der Waals surface area contributed by atoms with Gasteiger partial charge in [0.15, 0.2) is 0 Å². The summed E-state index contributed by atoms with van der Waals surface area (Å²) in [5, 5.41) is 0.0159. The molecular formula is C14H14ClN5O2. The second-order valence-corrected chi connectivity index (χ2v) is 5.30. The van der Waals surface area contributed by atoms with Crippen LogP contribution in [0.25, 0.3) is 0 Å². The Balaban J connectivity index is 1.67. The van der Waals surface area contributed by atoms with Gasteiger partial charge in [0.1, 0.15) is 5.02 Å². The highest BCUT2D eigenvalue weighted by Gasteiger charge is 2.23. The smallest absolute Gasteiger partial charge is 0.266 e. The van der Waals surface area contributed by atoms with E-state index in [0.29, 0.717) is 37.7 Å². The number of rotatable bonds is 2. The Morgan fingerprint density at radius 2 is 1.86 bits per heavy atom. The fourth-order valence-electron chi connectivity index (χ4n) is 2.33. The monoisotopic (exact) mass is 319 g/mol. The lowest BCUT2D eigenvalue weighted by molar-refractivity contribution is 0.0746. The van der Waals surface area contributed by atoms with Gasteiger partial charge in [-0.3, -0.25) is 9.59 Å². The molecule has 1 amide bonds. The van der Waals surface area contributed by atoms with Gasteiger partial charge < -0.3 is 14.8 Å². The summed E-state index contributed by atoms with van der Waals surface area (Å²) < 4.78 is 0. The standard InChI is InChI=1S/C14H14ClN5O2/c15-11-8-10(9-18-12(11)21)13(22)19-4-6-20(7-5-19)14-16-2-1-3-17-14/h1-3,8-9H,4-7H2,(H,18,21). The first-order valence-electron chi connectivity index (χ1n) is 6.84. The maximum atomic E-state index is 12.4. The van der Waals surface area contributed by atoms with Gasteiger partial charge in [-0.1, -0.05) is 11.6 Å². The van der Waals surface area contributed by atoms with Crippen LogP contribution in [0.15, 0.2) is 35.5 Å². The molecule has 1 aliphatic heterocycles. The first-order chi connectivity index (χ1) is 10.6. The number of carbonyl (C=O) groups is 1. The van der Waals surface area contributed by atoms with Gasteiger partial charge in [-0.25, -0.2) is 9.97 Å². The molecule has 0 unspecified atom stereocenters. The molecule has 0 radical (unpaired) electrons. The zero-order valence-corrected chi connectivity index (χ0v) is 12.5. The van der Waals surface area contributed by atoms with E-state index >= 15 is 0 Å². The Morgan fingerprint density at radius 3 is 2.50 bits per heavy atom. The van der Waals surface area contributed by atoms with E-state index in [1.54, 1.807) is 23.4 Å². The summed E-state index contributed by atoms with van der Waals surface area (Å²) in [4.78, 5) is 38.3. The molecule has 1 saturated heterocycles. The van der Waals surface area contributed by atoms with Crippen molar-refractivity contribution in [2.45, 2.75) is 0 Å². The van der Waals surface area contributed by atoms with Gasteiger partial charge in [-0.05, 0) is 12.1 Å². The zero-order chi connectivity index (χ0) is 15.5. The quantitative estimate of drug-likeness (QED) is 0.884. The van der Waals surface area contributed by atoms with Crippen LogP contribution in [0.1, 0.15) is 10.4 Å². The van der Waals surface area contributed by atoms with Crippen molar-refractivity contribution >= 4 is 23.5 Å². The average molecular weight is 320 g/mol. The first kappa shape index (κ1) is 14.5. The molecule has 0 atom stereocenters. The third-order valence-corrected chi connectivity index (χ3v) is 3.79. The molecule has 22 heavy (non-hydrogen) atoms. The van der Waals surface area contributed by atoms with E-state index in [9.17, 15) is 9.59 Å². The number of nitrogens with zero attached hydrogens (tertiary/aromatic N) is 4. The summed E-state index contributed by atoms with van der Waals surface area (Å²) in [6.07, 6.45) is 4.79. The Kier molecular flexibility index (Phi) is 4.06. The van der Waals surface area contributed by atoms with Gasteiger partial charge >= 0.3 is 0 Å². The number of pyridine rings is 1. The Bertz CT molecular complexity index is 726. The number of aromatic nitrogens is 3. The van der Waals surface area contributed by atoms with Gasteiger partial charge in [0, 0.05) is 44.8 Å². The fraction of sp³-hybridized carbons (Fsp3) is 0.286. The number of nitrogens with one attached hydrogen (secondary N) is 1. The minimum Gasteiger partial charge on any atom is -0.337 e. The summed E-state index contributed by atoms with van der Waals surface area (Å²) >= 11 is 5.76. The van der Waals surface area contributed by atoms with Crippen LogP contribution in [-0.4, -0.2) is 51.9 Å². The fourth-order valence-corrected chi connectivity index (χ4v) is 2.50. The molecule has 0 aromatic carbocycles. The number of piperazine rings is 1. The highest BCUT2D eigenvalue weighted by Crippen LogP contribution is 2.13. The molecule has 1 fully saturated rings. The van der Waals surface area contributed by atoms with Crippen molar-refractivity contribution < 1.29 is 4.79 Å². The second-order valence-electron chi connectivity index (χ2n) is 4.89. The largest absolute Gasteiger partial charge is 0.337 e. The first-order valence-corrected chi connectivity index (χ1v) is 7.22. The van der Waals surface area contributed by atoms with Crippen molar-refractivity contribution in [3.05, 3.63) is 51.7 Å². The molecule has 7 nitrogen and oxygen atoms in total. The summed E-state index contributed by atoms with van der Waals surface area (Å²) in [5.74, 6) is 0.522. The van der Waals surface area contributed by atoms with Gasteiger partial charge in [-0.2, -0.15) is 0 Å². The number of hydrogen-bond donors (Lipinski definition) is 1. The van der Waals surface area contributed by atoms with Crippen LogP contribution >= 0.6 is 11.6 Å². The van der Waals surface area contributed by atoms with Gasteiger partial charge in [0.05, 0.1) is 5.56 Å². The number of carbonyl (C=O) groups excluding carboxylic acids is 1. The van der Waals surface area contributed by atoms with Crippen molar-refractivity contribution in [3.8, 4) is 0 Å². The van der Waals surface area contributed by atoms with E-state index in [2.05, 4.69) is 15.0 Å². The molecule has 0 bridgehead atoms. The molecule has 1 aliphatic rings. The maximum absolute atomic E-state index is 12.4. The Labute approximate surface area is 131 Å². The van der Waals surface area contributed by atoms with Crippen LogP contribution in [0, 0.1) is 0 Å². The minimum atomic E-state index is -0.399. The number of anilines is 1. The van der Waals surface area contributed by atoms with Gasteiger partial charge in [-0.15, -0.1) is 0 Å². The van der Waals surface area contributed by atoms with Crippen molar-refractivity contribution in [1.82, 2.24) is 19.9 Å². The van der Waals surface area contributed by atoms with E-state index < -0.39 is 5.56 Å². The number of amides is 1. The average Bonchev–Trinajstić information content (AvgIpc) is 2.58. The summed E-state index contributed by atoms with van der Waals surface area (Å²) in [6.45, 7) is 2.45. The third-order valence-electron chi connectivity index (χ3n) is 3.51. The molecule has 2 aromatic rings. The summed E-state index contributed by atoms with van der Waals surface area (Å²) in [6, 6.07) is 3.17. The van der Waals surface area contributed by atoms with Crippen LogP contribution in [0.3, 0.4) is 0 Å². The SMILES string of the molecule is O=C(c1c[nH]c(=O)c(Cl)c1)N1CCN(c2ncccn2)CC1. The normalized spacial score (nSPS) is 15.0. The number of H-pyrrole nitrogens is 1. The lowest BCUT2D eigenvalue weighted by atomic mass is 10.2. The molecule has 3 heterocycles. The highest BCUT2D eigenvalue weighted by molar-refractivity contribution is 6.30.